The molecule has 1 aromatic carbocycles. The Balaban J connectivity index is 1.61. The molecule has 2 aliphatic rings. The highest BCUT2D eigenvalue weighted by Crippen LogP contribution is 2.38. The number of hydrogen-bond donors (Lipinski definition) is 2. The summed E-state index contributed by atoms with van der Waals surface area (Å²) in [6.07, 6.45) is 7.20. The van der Waals surface area contributed by atoms with Gasteiger partial charge in [0.2, 0.25) is 0 Å². The monoisotopic (exact) mass is 272 g/mol. The van der Waals surface area contributed by atoms with Crippen LogP contribution in [0.1, 0.15) is 24.0 Å². The van der Waals surface area contributed by atoms with Gasteiger partial charge in [0, 0.05) is 11.7 Å². The summed E-state index contributed by atoms with van der Waals surface area (Å²) < 4.78 is 0. The van der Waals surface area contributed by atoms with Gasteiger partial charge in [0.15, 0.2) is 5.11 Å². The lowest BCUT2D eigenvalue weighted by molar-refractivity contribution is 0.526. The van der Waals surface area contributed by atoms with E-state index in [4.69, 9.17) is 12.2 Å². The summed E-state index contributed by atoms with van der Waals surface area (Å²) in [5, 5.41) is 7.54. The van der Waals surface area contributed by atoms with Gasteiger partial charge < -0.3 is 10.6 Å². The number of aryl methyl sites for hydroxylation is 2. The predicted molar refractivity (Wildman–Crippen MR) is 84.4 cm³/mol. The van der Waals surface area contributed by atoms with Crippen LogP contribution in [0.2, 0.25) is 0 Å². The Hall–Kier alpha value is -1.35. The average Bonchev–Trinajstić information content (AvgIpc) is 2.95. The lowest BCUT2D eigenvalue weighted by Crippen LogP contribution is -2.40. The molecular formula is C16H20N2S. The summed E-state index contributed by atoms with van der Waals surface area (Å²) in [6.45, 7) is 4.22. The summed E-state index contributed by atoms with van der Waals surface area (Å²) in [7, 11) is 0. The van der Waals surface area contributed by atoms with Crippen LogP contribution in [0.3, 0.4) is 0 Å². The molecule has 0 amide bonds. The van der Waals surface area contributed by atoms with Crippen LogP contribution in [0.15, 0.2) is 30.4 Å². The first-order valence-corrected chi connectivity index (χ1v) is 7.36. The number of fused-ring (bicyclic) bond motifs is 2. The van der Waals surface area contributed by atoms with E-state index in [2.05, 4.69) is 54.8 Å². The Kier molecular flexibility index (Phi) is 3.31. The van der Waals surface area contributed by atoms with Crippen molar-refractivity contribution in [2.24, 2.45) is 11.8 Å². The molecular weight excluding hydrogens is 252 g/mol. The van der Waals surface area contributed by atoms with Crippen molar-refractivity contribution < 1.29 is 0 Å². The summed E-state index contributed by atoms with van der Waals surface area (Å²) in [4.78, 5) is 0. The molecule has 0 aliphatic heterocycles. The lowest BCUT2D eigenvalue weighted by atomic mass is 10.0. The van der Waals surface area contributed by atoms with E-state index >= 15 is 0 Å². The van der Waals surface area contributed by atoms with Crippen molar-refractivity contribution in [2.45, 2.75) is 32.7 Å². The number of anilines is 1. The van der Waals surface area contributed by atoms with Gasteiger partial charge in [-0.15, -0.1) is 0 Å². The molecule has 2 nitrogen and oxygen atoms in total. The summed E-state index contributed by atoms with van der Waals surface area (Å²) in [5.41, 5.74) is 3.61. The minimum absolute atomic E-state index is 0.515. The SMILES string of the molecule is Cc1ccc(NC(=S)N[C@@H]2C[C@H]3C=C[C@H]2C3)c(C)c1. The van der Waals surface area contributed by atoms with Crippen LogP contribution in [-0.2, 0) is 0 Å². The van der Waals surface area contributed by atoms with Crippen molar-refractivity contribution in [3.05, 3.63) is 41.5 Å². The van der Waals surface area contributed by atoms with Crippen molar-refractivity contribution in [2.75, 3.05) is 5.32 Å². The van der Waals surface area contributed by atoms with Gasteiger partial charge >= 0.3 is 0 Å². The molecule has 19 heavy (non-hydrogen) atoms. The third-order valence-electron chi connectivity index (χ3n) is 4.23. The quantitative estimate of drug-likeness (QED) is 0.636. The number of rotatable bonds is 2. The maximum Gasteiger partial charge on any atom is 0.171 e. The largest absolute Gasteiger partial charge is 0.359 e. The van der Waals surface area contributed by atoms with Crippen molar-refractivity contribution in [1.82, 2.24) is 5.32 Å². The van der Waals surface area contributed by atoms with Gasteiger partial charge in [-0.3, -0.25) is 0 Å². The molecule has 2 aliphatic carbocycles. The molecule has 3 rings (SSSR count). The molecule has 0 spiro atoms. The minimum Gasteiger partial charge on any atom is -0.359 e. The van der Waals surface area contributed by atoms with Crippen LogP contribution >= 0.6 is 12.2 Å². The number of thiocarbonyl (C=S) groups is 1. The zero-order valence-corrected chi connectivity index (χ0v) is 12.3. The van der Waals surface area contributed by atoms with Gasteiger partial charge in [0.1, 0.15) is 0 Å². The molecule has 3 atom stereocenters. The van der Waals surface area contributed by atoms with Crippen LogP contribution in [0, 0.1) is 25.7 Å². The van der Waals surface area contributed by atoms with Crippen molar-refractivity contribution in [3.63, 3.8) is 0 Å². The van der Waals surface area contributed by atoms with Gasteiger partial charge in [-0.1, -0.05) is 29.8 Å². The molecule has 2 bridgehead atoms. The minimum atomic E-state index is 0.515. The fraction of sp³-hybridized carbons (Fsp3) is 0.438. The van der Waals surface area contributed by atoms with Crippen LogP contribution in [-0.4, -0.2) is 11.2 Å². The van der Waals surface area contributed by atoms with E-state index in [1.165, 1.54) is 24.0 Å². The van der Waals surface area contributed by atoms with Gasteiger partial charge in [-0.05, 0) is 62.4 Å². The molecule has 0 heterocycles. The highest BCUT2D eigenvalue weighted by Gasteiger charge is 2.35. The van der Waals surface area contributed by atoms with E-state index in [1.807, 2.05) is 0 Å². The molecule has 100 valence electrons. The number of allylic oxidation sites excluding steroid dienone is 1. The number of benzene rings is 1. The second kappa shape index (κ2) is 4.97. The van der Waals surface area contributed by atoms with Gasteiger partial charge in [-0.2, -0.15) is 0 Å². The summed E-state index contributed by atoms with van der Waals surface area (Å²) in [5.74, 6) is 1.44. The maximum atomic E-state index is 5.43. The Bertz CT molecular complexity index is 536. The van der Waals surface area contributed by atoms with Crippen LogP contribution in [0.5, 0.6) is 0 Å². The van der Waals surface area contributed by atoms with E-state index in [-0.39, 0.29) is 0 Å². The molecule has 2 N–H and O–H groups in total. The predicted octanol–water partition coefficient (Wildman–Crippen LogP) is 3.55. The Morgan fingerprint density at radius 2 is 2.05 bits per heavy atom. The smallest absolute Gasteiger partial charge is 0.171 e. The first-order chi connectivity index (χ1) is 9.11. The zero-order chi connectivity index (χ0) is 13.4. The second-order valence-corrected chi connectivity index (χ2v) is 6.21. The van der Waals surface area contributed by atoms with E-state index in [0.717, 1.165) is 16.7 Å². The molecule has 0 saturated heterocycles. The molecule has 1 saturated carbocycles. The fourth-order valence-corrected chi connectivity index (χ4v) is 3.49. The van der Waals surface area contributed by atoms with Crippen LogP contribution in [0.25, 0.3) is 0 Å². The van der Waals surface area contributed by atoms with E-state index in [0.29, 0.717) is 12.0 Å². The molecule has 3 heteroatoms. The number of hydrogen-bond acceptors (Lipinski definition) is 1. The van der Waals surface area contributed by atoms with E-state index < -0.39 is 0 Å². The van der Waals surface area contributed by atoms with Crippen molar-refractivity contribution >= 4 is 23.0 Å². The molecule has 0 radical (unpaired) electrons. The highest BCUT2D eigenvalue weighted by atomic mass is 32.1. The van der Waals surface area contributed by atoms with Crippen LogP contribution in [0.4, 0.5) is 5.69 Å². The normalized spacial score (nSPS) is 27.6. The summed E-state index contributed by atoms with van der Waals surface area (Å²) in [6, 6.07) is 6.89. The fourth-order valence-electron chi connectivity index (χ4n) is 3.23. The number of nitrogens with one attached hydrogen (secondary N) is 2. The average molecular weight is 272 g/mol. The Labute approximate surface area is 120 Å². The topological polar surface area (TPSA) is 24.1 Å². The molecule has 1 aromatic rings. The molecule has 0 unspecified atom stereocenters. The molecule has 1 fully saturated rings. The maximum absolute atomic E-state index is 5.43. The highest BCUT2D eigenvalue weighted by molar-refractivity contribution is 7.80. The zero-order valence-electron chi connectivity index (χ0n) is 11.4. The third-order valence-corrected chi connectivity index (χ3v) is 4.45. The van der Waals surface area contributed by atoms with E-state index in [9.17, 15) is 0 Å². The first-order valence-electron chi connectivity index (χ1n) is 6.95. The first kappa shape index (κ1) is 12.7. The standard InChI is InChI=1S/C16H20N2S/c1-10-3-6-14(11(2)7-10)17-16(19)18-15-9-12-4-5-13(15)8-12/h3-7,12-13,15H,8-9H2,1-2H3,(H2,17,18,19)/t12-,13-,15+/m0/s1. The summed E-state index contributed by atoms with van der Waals surface area (Å²) >= 11 is 5.43. The second-order valence-electron chi connectivity index (χ2n) is 5.80. The lowest BCUT2D eigenvalue weighted by Gasteiger charge is -2.22. The molecule has 0 aromatic heterocycles. The third kappa shape index (κ3) is 2.66. The van der Waals surface area contributed by atoms with Gasteiger partial charge in [-0.25, -0.2) is 0 Å². The van der Waals surface area contributed by atoms with Crippen molar-refractivity contribution in [1.29, 1.82) is 0 Å². The van der Waals surface area contributed by atoms with E-state index in [1.54, 1.807) is 0 Å². The van der Waals surface area contributed by atoms with Crippen molar-refractivity contribution in [3.8, 4) is 0 Å². The van der Waals surface area contributed by atoms with Crippen LogP contribution < -0.4 is 10.6 Å². The Morgan fingerprint density at radius 1 is 1.21 bits per heavy atom. The van der Waals surface area contributed by atoms with Gasteiger partial charge in [0.05, 0.1) is 0 Å². The Morgan fingerprint density at radius 3 is 2.68 bits per heavy atom. The van der Waals surface area contributed by atoms with Gasteiger partial charge in [0.25, 0.3) is 0 Å².